The standard InChI is InChI=1S/C31H34BrF2N3O4/c1-17(2)41-26-12-5-18-13-20(4-3-19(18)14-26)27(38)29(39)36-28(31(33,34)21-6-8-22(32)9-7-21)30(40)37-24-10-11-25(37)16-23(35)15-24/h3-9,12-14,17,23-25,27-28,38H,10-11,15-16,35H2,1-2H3,(H,36,39)/t23?,24?,25?,27-,28-/m0/s1. The summed E-state index contributed by atoms with van der Waals surface area (Å²) < 4.78 is 38.5. The van der Waals surface area contributed by atoms with Gasteiger partial charge in [0.05, 0.1) is 6.10 Å². The monoisotopic (exact) mass is 629 g/mol. The first-order valence-corrected chi connectivity index (χ1v) is 14.6. The van der Waals surface area contributed by atoms with E-state index in [2.05, 4.69) is 21.2 Å². The molecule has 0 aromatic heterocycles. The van der Waals surface area contributed by atoms with Gasteiger partial charge in [-0.3, -0.25) is 9.59 Å². The highest BCUT2D eigenvalue weighted by Gasteiger charge is 2.53. The third-order valence-corrected chi connectivity index (χ3v) is 8.45. The maximum absolute atomic E-state index is 16.1. The second-order valence-corrected chi connectivity index (χ2v) is 12.2. The van der Waals surface area contributed by atoms with Crippen molar-refractivity contribution in [3.8, 4) is 5.75 Å². The van der Waals surface area contributed by atoms with Gasteiger partial charge in [-0.05, 0) is 86.2 Å². The highest BCUT2D eigenvalue weighted by Crippen LogP contribution is 2.40. The van der Waals surface area contributed by atoms with Gasteiger partial charge < -0.3 is 25.8 Å². The van der Waals surface area contributed by atoms with E-state index in [1.807, 2.05) is 19.9 Å². The molecule has 0 aliphatic carbocycles. The summed E-state index contributed by atoms with van der Waals surface area (Å²) in [5, 5.41) is 14.8. The Morgan fingerprint density at radius 2 is 1.63 bits per heavy atom. The van der Waals surface area contributed by atoms with Crippen LogP contribution in [0.4, 0.5) is 8.78 Å². The maximum Gasteiger partial charge on any atom is 0.302 e. The van der Waals surface area contributed by atoms with E-state index in [0.717, 1.165) is 10.8 Å². The van der Waals surface area contributed by atoms with Crippen LogP contribution in [-0.4, -0.2) is 52.1 Å². The minimum Gasteiger partial charge on any atom is -0.491 e. The van der Waals surface area contributed by atoms with Gasteiger partial charge in [0.25, 0.3) is 11.8 Å². The number of nitrogens with zero attached hydrogens (tertiary/aromatic N) is 1. The number of rotatable bonds is 8. The Labute approximate surface area is 246 Å². The average Bonchev–Trinajstić information content (AvgIpc) is 3.20. The van der Waals surface area contributed by atoms with Crippen molar-refractivity contribution >= 4 is 38.5 Å². The van der Waals surface area contributed by atoms with E-state index in [9.17, 15) is 14.7 Å². The second kappa shape index (κ2) is 11.7. The summed E-state index contributed by atoms with van der Waals surface area (Å²) in [6, 6.07) is 12.8. The number of aliphatic hydroxyl groups is 1. The number of halogens is 3. The number of amides is 2. The molecule has 2 fully saturated rings. The summed E-state index contributed by atoms with van der Waals surface area (Å²) in [6.45, 7) is 3.84. The van der Waals surface area contributed by atoms with E-state index in [0.29, 0.717) is 35.9 Å². The van der Waals surface area contributed by atoms with Crippen LogP contribution in [0.3, 0.4) is 0 Å². The number of nitrogens with two attached hydrogens (primary N) is 1. The Balaban J connectivity index is 1.42. The summed E-state index contributed by atoms with van der Waals surface area (Å²) in [6.07, 6.45) is 0.636. The Morgan fingerprint density at radius 3 is 2.27 bits per heavy atom. The lowest BCUT2D eigenvalue weighted by Crippen LogP contribution is -2.61. The number of aliphatic hydroxyl groups excluding tert-OH is 1. The number of hydrogen-bond donors (Lipinski definition) is 3. The predicted octanol–water partition coefficient (Wildman–Crippen LogP) is 5.18. The van der Waals surface area contributed by atoms with Crippen LogP contribution >= 0.6 is 15.9 Å². The first kappa shape index (κ1) is 29.4. The number of fused-ring (bicyclic) bond motifs is 3. The summed E-state index contributed by atoms with van der Waals surface area (Å²) in [5.74, 6) is -5.01. The van der Waals surface area contributed by atoms with Crippen LogP contribution < -0.4 is 15.8 Å². The molecule has 0 saturated carbocycles. The molecular formula is C31H34BrF2N3O4. The highest BCUT2D eigenvalue weighted by atomic mass is 79.9. The lowest BCUT2D eigenvalue weighted by Gasteiger charge is -2.41. The number of alkyl halides is 2. The molecule has 4 N–H and O–H groups in total. The fourth-order valence-corrected chi connectivity index (χ4v) is 6.27. The van der Waals surface area contributed by atoms with Crippen LogP contribution in [0.1, 0.15) is 56.8 Å². The smallest absolute Gasteiger partial charge is 0.302 e. The SMILES string of the molecule is CC(C)Oc1ccc2cc([C@H](O)C(=O)N[C@@H](C(=O)N3C4CCC3CC(N)C4)C(F)(F)c3ccc(Br)cc3)ccc2c1. The lowest BCUT2D eigenvalue weighted by molar-refractivity contribution is -0.155. The third kappa shape index (κ3) is 6.10. The molecule has 0 radical (unpaired) electrons. The van der Waals surface area contributed by atoms with Crippen LogP contribution in [0.25, 0.3) is 10.8 Å². The zero-order chi connectivity index (χ0) is 29.5. The van der Waals surface area contributed by atoms with E-state index in [-0.39, 0.29) is 29.8 Å². The van der Waals surface area contributed by atoms with Crippen LogP contribution in [0.2, 0.25) is 0 Å². The van der Waals surface area contributed by atoms with E-state index in [1.54, 1.807) is 30.3 Å². The molecule has 5 rings (SSSR count). The highest BCUT2D eigenvalue weighted by molar-refractivity contribution is 9.10. The number of benzene rings is 3. The number of ether oxygens (including phenoxy) is 1. The van der Waals surface area contributed by atoms with E-state index < -0.39 is 35.4 Å². The number of piperidine rings is 1. The van der Waals surface area contributed by atoms with Crippen molar-refractivity contribution in [2.45, 2.75) is 81.8 Å². The Morgan fingerprint density at radius 1 is 1.02 bits per heavy atom. The Kier molecular flexibility index (Phi) is 8.36. The van der Waals surface area contributed by atoms with Gasteiger partial charge >= 0.3 is 5.92 Å². The van der Waals surface area contributed by atoms with Crippen molar-refractivity contribution in [3.63, 3.8) is 0 Å². The van der Waals surface area contributed by atoms with Gasteiger partial charge in [-0.15, -0.1) is 0 Å². The molecule has 7 nitrogen and oxygen atoms in total. The normalized spacial score (nSPS) is 22.0. The largest absolute Gasteiger partial charge is 0.491 e. The molecular weight excluding hydrogens is 596 g/mol. The van der Waals surface area contributed by atoms with Gasteiger partial charge in [0.15, 0.2) is 12.1 Å². The summed E-state index contributed by atoms with van der Waals surface area (Å²) in [7, 11) is 0. The molecule has 2 bridgehead atoms. The van der Waals surface area contributed by atoms with Crippen molar-refractivity contribution < 1.29 is 28.2 Å². The molecule has 3 aromatic rings. The van der Waals surface area contributed by atoms with Crippen LogP contribution in [0, 0.1) is 0 Å². The van der Waals surface area contributed by atoms with E-state index >= 15 is 8.78 Å². The minimum atomic E-state index is -3.75. The first-order valence-electron chi connectivity index (χ1n) is 13.8. The Bertz CT molecular complexity index is 1420. The number of nitrogens with one attached hydrogen (secondary N) is 1. The van der Waals surface area contributed by atoms with Crippen molar-refractivity contribution in [2.75, 3.05) is 0 Å². The first-order chi connectivity index (χ1) is 19.4. The van der Waals surface area contributed by atoms with Crippen LogP contribution in [0.15, 0.2) is 65.1 Å². The zero-order valence-electron chi connectivity index (χ0n) is 22.9. The second-order valence-electron chi connectivity index (χ2n) is 11.3. The lowest BCUT2D eigenvalue weighted by atomic mass is 9.94. The quantitative estimate of drug-likeness (QED) is 0.318. The van der Waals surface area contributed by atoms with Gasteiger partial charge in [-0.2, -0.15) is 8.78 Å². The molecule has 0 spiro atoms. The number of carbonyl (C=O) groups excluding carboxylic acids is 2. The van der Waals surface area contributed by atoms with E-state index in [4.69, 9.17) is 10.5 Å². The zero-order valence-corrected chi connectivity index (χ0v) is 24.5. The van der Waals surface area contributed by atoms with Crippen molar-refractivity contribution in [3.05, 3.63) is 76.3 Å². The van der Waals surface area contributed by atoms with Crippen molar-refractivity contribution in [1.82, 2.24) is 10.2 Å². The predicted molar refractivity (Wildman–Crippen MR) is 156 cm³/mol. The Hall–Kier alpha value is -3.08. The third-order valence-electron chi connectivity index (χ3n) is 7.92. The molecule has 41 heavy (non-hydrogen) atoms. The summed E-state index contributed by atoms with van der Waals surface area (Å²) >= 11 is 3.25. The molecule has 2 saturated heterocycles. The number of carbonyl (C=O) groups is 2. The minimum absolute atomic E-state index is 0.000277. The summed E-state index contributed by atoms with van der Waals surface area (Å²) in [4.78, 5) is 28.6. The van der Waals surface area contributed by atoms with Crippen LogP contribution in [-0.2, 0) is 15.5 Å². The average molecular weight is 631 g/mol. The fraction of sp³-hybridized carbons (Fsp3) is 0.419. The van der Waals surface area contributed by atoms with Gasteiger partial charge in [0.1, 0.15) is 5.75 Å². The van der Waals surface area contributed by atoms with Crippen molar-refractivity contribution in [2.24, 2.45) is 5.73 Å². The molecule has 2 heterocycles. The van der Waals surface area contributed by atoms with Gasteiger partial charge in [-0.1, -0.05) is 46.3 Å². The number of hydrogen-bond acceptors (Lipinski definition) is 5. The topological polar surface area (TPSA) is 105 Å². The maximum atomic E-state index is 16.1. The van der Waals surface area contributed by atoms with Crippen LogP contribution in [0.5, 0.6) is 5.75 Å². The van der Waals surface area contributed by atoms with Gasteiger partial charge in [-0.25, -0.2) is 0 Å². The summed E-state index contributed by atoms with van der Waals surface area (Å²) in [5.41, 5.74) is 5.94. The van der Waals surface area contributed by atoms with E-state index in [1.165, 1.54) is 29.2 Å². The van der Waals surface area contributed by atoms with Gasteiger partial charge in [0, 0.05) is 28.2 Å². The molecule has 2 unspecified atom stereocenters. The molecule has 2 aliphatic rings. The molecule has 4 atom stereocenters. The molecule has 2 amide bonds. The van der Waals surface area contributed by atoms with Crippen molar-refractivity contribution in [1.29, 1.82) is 0 Å². The fourth-order valence-electron chi connectivity index (χ4n) is 6.00. The molecule has 10 heteroatoms. The van der Waals surface area contributed by atoms with Gasteiger partial charge in [0.2, 0.25) is 0 Å². The molecule has 2 aliphatic heterocycles. The molecule has 218 valence electrons. The molecule has 3 aromatic carbocycles.